The molecule has 2 aliphatic rings. The first kappa shape index (κ1) is 13.7. The lowest BCUT2D eigenvalue weighted by Crippen LogP contribution is -2.26. The zero-order valence-corrected chi connectivity index (χ0v) is 11.5. The number of methoxy groups -OCH3 is 1. The number of likely N-dealkylation sites (tertiary alicyclic amines) is 1. The predicted octanol–water partition coefficient (Wildman–Crippen LogP) is 1.86. The summed E-state index contributed by atoms with van der Waals surface area (Å²) in [5.74, 6) is 1.98. The lowest BCUT2D eigenvalue weighted by atomic mass is 9.99. The van der Waals surface area contributed by atoms with Crippen molar-refractivity contribution >= 4 is 0 Å². The normalized spacial score (nSPS) is 25.6. The Balaban J connectivity index is 1.69. The lowest BCUT2D eigenvalue weighted by molar-refractivity contribution is 0.138. The third-order valence-corrected chi connectivity index (χ3v) is 3.84. The Bertz CT molecular complexity index is 286. The van der Waals surface area contributed by atoms with Crippen molar-refractivity contribution in [1.82, 2.24) is 4.90 Å². The monoisotopic (exact) mass is 254 g/mol. The van der Waals surface area contributed by atoms with E-state index >= 15 is 0 Å². The van der Waals surface area contributed by atoms with E-state index in [1.807, 2.05) is 0 Å². The molecule has 1 saturated heterocycles. The Kier molecular flexibility index (Phi) is 5.32. The predicted molar refractivity (Wildman–Crippen MR) is 72.1 cm³/mol. The van der Waals surface area contributed by atoms with Gasteiger partial charge in [-0.2, -0.15) is 0 Å². The van der Waals surface area contributed by atoms with Gasteiger partial charge in [-0.15, -0.1) is 0 Å². The molecule has 0 bridgehead atoms. The standard InChI is InChI=1S/C14H26N2O2/c1-17-13-6-5-12(15)11-14(13)18-10-4-9-16-7-2-3-8-16/h12H,2-11,15H2,1H3/t12-/m1/s1. The molecule has 2 N–H and O–H groups in total. The van der Waals surface area contributed by atoms with Crippen LogP contribution < -0.4 is 5.73 Å². The van der Waals surface area contributed by atoms with Gasteiger partial charge in [-0.25, -0.2) is 0 Å². The number of ether oxygens (including phenoxy) is 2. The second-order valence-corrected chi connectivity index (χ2v) is 5.30. The van der Waals surface area contributed by atoms with Crippen molar-refractivity contribution in [2.24, 2.45) is 5.73 Å². The fourth-order valence-electron chi connectivity index (χ4n) is 2.76. The molecular formula is C14H26N2O2. The lowest BCUT2D eigenvalue weighted by Gasteiger charge is -2.24. The molecule has 1 fully saturated rings. The molecule has 4 heteroatoms. The van der Waals surface area contributed by atoms with Crippen LogP contribution in [0.5, 0.6) is 0 Å². The zero-order valence-electron chi connectivity index (χ0n) is 11.5. The Morgan fingerprint density at radius 3 is 2.78 bits per heavy atom. The first-order chi connectivity index (χ1) is 8.79. The molecule has 0 aromatic carbocycles. The molecule has 1 aliphatic carbocycles. The molecule has 0 spiro atoms. The van der Waals surface area contributed by atoms with Crippen molar-refractivity contribution < 1.29 is 9.47 Å². The van der Waals surface area contributed by atoms with Crippen LogP contribution in [-0.4, -0.2) is 44.3 Å². The third kappa shape index (κ3) is 3.89. The topological polar surface area (TPSA) is 47.7 Å². The van der Waals surface area contributed by atoms with Gasteiger partial charge in [-0.1, -0.05) is 0 Å². The fraction of sp³-hybridized carbons (Fsp3) is 0.857. The maximum Gasteiger partial charge on any atom is 0.135 e. The first-order valence-electron chi connectivity index (χ1n) is 7.16. The van der Waals surface area contributed by atoms with Crippen LogP contribution in [0.25, 0.3) is 0 Å². The highest BCUT2D eigenvalue weighted by molar-refractivity contribution is 5.08. The van der Waals surface area contributed by atoms with E-state index in [-0.39, 0.29) is 6.04 Å². The van der Waals surface area contributed by atoms with Gasteiger partial charge in [0.05, 0.1) is 13.7 Å². The van der Waals surface area contributed by atoms with Crippen molar-refractivity contribution in [1.29, 1.82) is 0 Å². The third-order valence-electron chi connectivity index (χ3n) is 3.84. The molecule has 1 atom stereocenters. The summed E-state index contributed by atoms with van der Waals surface area (Å²) in [5, 5.41) is 0. The first-order valence-corrected chi connectivity index (χ1v) is 7.16. The molecule has 1 aliphatic heterocycles. The second-order valence-electron chi connectivity index (χ2n) is 5.30. The molecule has 1 heterocycles. The summed E-state index contributed by atoms with van der Waals surface area (Å²) in [6.45, 7) is 4.46. The van der Waals surface area contributed by atoms with E-state index in [1.54, 1.807) is 7.11 Å². The fourth-order valence-corrected chi connectivity index (χ4v) is 2.76. The molecule has 2 rings (SSSR count). The van der Waals surface area contributed by atoms with Crippen LogP contribution >= 0.6 is 0 Å². The van der Waals surface area contributed by atoms with Crippen molar-refractivity contribution in [3.8, 4) is 0 Å². The van der Waals surface area contributed by atoms with Crippen molar-refractivity contribution in [3.63, 3.8) is 0 Å². The average Bonchev–Trinajstić information content (AvgIpc) is 2.88. The number of hydrogen-bond acceptors (Lipinski definition) is 4. The van der Waals surface area contributed by atoms with Crippen molar-refractivity contribution in [2.45, 2.75) is 44.6 Å². The highest BCUT2D eigenvalue weighted by Gasteiger charge is 2.20. The number of nitrogens with zero attached hydrogens (tertiary/aromatic N) is 1. The van der Waals surface area contributed by atoms with Gasteiger partial charge in [0.15, 0.2) is 0 Å². The van der Waals surface area contributed by atoms with E-state index in [0.717, 1.165) is 50.4 Å². The quantitative estimate of drug-likeness (QED) is 0.735. The van der Waals surface area contributed by atoms with E-state index in [0.29, 0.717) is 0 Å². The molecule has 0 unspecified atom stereocenters. The van der Waals surface area contributed by atoms with Gasteiger partial charge in [-0.05, 0) is 38.8 Å². The zero-order chi connectivity index (χ0) is 12.8. The van der Waals surface area contributed by atoms with Crippen molar-refractivity contribution in [2.75, 3.05) is 33.4 Å². The molecular weight excluding hydrogens is 228 g/mol. The van der Waals surface area contributed by atoms with Crippen LogP contribution in [0, 0.1) is 0 Å². The molecule has 4 nitrogen and oxygen atoms in total. The Morgan fingerprint density at radius 2 is 2.06 bits per heavy atom. The number of allylic oxidation sites excluding steroid dienone is 1. The van der Waals surface area contributed by atoms with Crippen LogP contribution in [0.3, 0.4) is 0 Å². The number of hydrogen-bond donors (Lipinski definition) is 1. The summed E-state index contributed by atoms with van der Waals surface area (Å²) in [6, 6.07) is 0.234. The maximum atomic E-state index is 5.97. The average molecular weight is 254 g/mol. The van der Waals surface area contributed by atoms with Gasteiger partial charge >= 0.3 is 0 Å². The van der Waals surface area contributed by atoms with Gasteiger partial charge < -0.3 is 20.1 Å². The summed E-state index contributed by atoms with van der Waals surface area (Å²) < 4.78 is 11.2. The highest BCUT2D eigenvalue weighted by atomic mass is 16.5. The summed E-state index contributed by atoms with van der Waals surface area (Å²) >= 11 is 0. The summed E-state index contributed by atoms with van der Waals surface area (Å²) in [6.07, 6.45) is 6.55. The Hall–Kier alpha value is -0.740. The van der Waals surface area contributed by atoms with Gasteiger partial charge in [0.1, 0.15) is 11.5 Å². The van der Waals surface area contributed by atoms with Crippen LogP contribution in [-0.2, 0) is 9.47 Å². The highest BCUT2D eigenvalue weighted by Crippen LogP contribution is 2.25. The van der Waals surface area contributed by atoms with Crippen LogP contribution in [0.2, 0.25) is 0 Å². The summed E-state index contributed by atoms with van der Waals surface area (Å²) in [5.41, 5.74) is 5.97. The van der Waals surface area contributed by atoms with Crippen LogP contribution in [0.15, 0.2) is 11.5 Å². The van der Waals surface area contributed by atoms with E-state index < -0.39 is 0 Å². The number of rotatable bonds is 6. The number of nitrogens with two attached hydrogens (primary N) is 1. The maximum absolute atomic E-state index is 5.97. The van der Waals surface area contributed by atoms with Crippen molar-refractivity contribution in [3.05, 3.63) is 11.5 Å². The minimum Gasteiger partial charge on any atom is -0.498 e. The Labute approximate surface area is 110 Å². The SMILES string of the molecule is COC1=C(OCCCN2CCCC2)C[C@H](N)CC1. The molecule has 0 aromatic rings. The smallest absolute Gasteiger partial charge is 0.135 e. The minimum atomic E-state index is 0.234. The molecule has 0 radical (unpaired) electrons. The molecule has 0 aromatic heterocycles. The van der Waals surface area contributed by atoms with Crippen LogP contribution in [0.1, 0.15) is 38.5 Å². The molecule has 0 amide bonds. The van der Waals surface area contributed by atoms with E-state index in [1.165, 1.54) is 25.9 Å². The van der Waals surface area contributed by atoms with E-state index in [2.05, 4.69) is 4.90 Å². The molecule has 104 valence electrons. The van der Waals surface area contributed by atoms with Gasteiger partial charge in [-0.3, -0.25) is 0 Å². The van der Waals surface area contributed by atoms with Gasteiger partial charge in [0.25, 0.3) is 0 Å². The van der Waals surface area contributed by atoms with Gasteiger partial charge in [0.2, 0.25) is 0 Å². The molecule has 0 saturated carbocycles. The molecule has 18 heavy (non-hydrogen) atoms. The minimum absolute atomic E-state index is 0.234. The van der Waals surface area contributed by atoms with E-state index in [9.17, 15) is 0 Å². The second kappa shape index (κ2) is 7.00. The summed E-state index contributed by atoms with van der Waals surface area (Å²) in [4.78, 5) is 2.52. The van der Waals surface area contributed by atoms with Gasteiger partial charge in [0, 0.05) is 25.4 Å². The summed E-state index contributed by atoms with van der Waals surface area (Å²) in [7, 11) is 1.72. The largest absolute Gasteiger partial charge is 0.498 e. The van der Waals surface area contributed by atoms with E-state index in [4.69, 9.17) is 15.2 Å². The van der Waals surface area contributed by atoms with Crippen LogP contribution in [0.4, 0.5) is 0 Å². The Morgan fingerprint density at radius 1 is 1.28 bits per heavy atom.